The molecule has 314 valence electrons. The van der Waals surface area contributed by atoms with Crippen molar-refractivity contribution in [2.45, 2.75) is 89.0 Å². The van der Waals surface area contributed by atoms with Crippen LogP contribution in [0.2, 0.25) is 0 Å². The van der Waals surface area contributed by atoms with Gasteiger partial charge in [-0.2, -0.15) is 0 Å². The molecule has 3 heteroatoms. The maximum absolute atomic E-state index is 2.89. The molecule has 14 rings (SSSR count). The highest BCUT2D eigenvalue weighted by Gasteiger charge is 2.62. The Labute approximate surface area is 384 Å². The molecular formula is C62H53BN2. The average molecular weight is 837 g/mol. The van der Waals surface area contributed by atoms with Gasteiger partial charge in [-0.25, -0.2) is 0 Å². The summed E-state index contributed by atoms with van der Waals surface area (Å²) >= 11 is 0. The molecule has 1 saturated carbocycles. The van der Waals surface area contributed by atoms with Crippen LogP contribution in [0.15, 0.2) is 164 Å². The van der Waals surface area contributed by atoms with Gasteiger partial charge in [0.2, 0.25) is 0 Å². The van der Waals surface area contributed by atoms with Crippen LogP contribution in [0.3, 0.4) is 0 Å². The molecule has 2 atom stereocenters. The fourth-order valence-corrected chi connectivity index (χ4v) is 14.2. The minimum atomic E-state index is -0.151. The fourth-order valence-electron chi connectivity index (χ4n) is 14.2. The zero-order valence-electron chi connectivity index (χ0n) is 38.4. The summed E-state index contributed by atoms with van der Waals surface area (Å²) in [5.41, 5.74) is 28.3. The van der Waals surface area contributed by atoms with Crippen LogP contribution in [0.25, 0.3) is 55.6 Å². The van der Waals surface area contributed by atoms with Gasteiger partial charge in [0.25, 0.3) is 0 Å². The molecule has 3 heterocycles. The Hall–Kier alpha value is -6.58. The van der Waals surface area contributed by atoms with Gasteiger partial charge < -0.3 is 9.71 Å². The van der Waals surface area contributed by atoms with Gasteiger partial charge >= 0.3 is 6.85 Å². The van der Waals surface area contributed by atoms with Gasteiger partial charge in [0.05, 0.1) is 5.54 Å². The first kappa shape index (κ1) is 37.8. The topological polar surface area (TPSA) is 6.48 Å². The predicted molar refractivity (Wildman–Crippen MR) is 274 cm³/mol. The molecule has 0 amide bonds. The van der Waals surface area contributed by atoms with E-state index in [9.17, 15) is 0 Å². The maximum Gasteiger partial charge on any atom is 0.333 e. The van der Waals surface area contributed by atoms with Crippen LogP contribution in [0.1, 0.15) is 95.0 Å². The van der Waals surface area contributed by atoms with Gasteiger partial charge in [-0.1, -0.05) is 169 Å². The Balaban J connectivity index is 1.14. The standard InChI is InChI=1S/C62H53BN2/c1-59(2)49-25-15-13-23-43(49)45-28-27-42(35-51(45)59)65-55-37-52-46(44-24-14-16-26-50(44)60(52,3)4)36-47(55)48-31-40(38-19-9-7-10-20-38)34-56-57(48)63(65)54-33-41(39-21-11-8-12-22-39)32-53-58(54)64(56)62(6)30-18-17-29-61(53,62)5/h7-16,19-28,31-37H,17-18,29-30H2,1-6H3. The number of hydrogen-bond donors (Lipinski definition) is 0. The monoisotopic (exact) mass is 836 g/mol. The molecule has 0 spiro atoms. The molecule has 1 fully saturated rings. The number of nitrogens with zero attached hydrogens (tertiary/aromatic N) is 2. The second-order valence-corrected chi connectivity index (χ2v) is 21.6. The summed E-state index contributed by atoms with van der Waals surface area (Å²) in [6.45, 7) is 14.9. The van der Waals surface area contributed by atoms with E-state index in [2.05, 4.69) is 215 Å². The lowest BCUT2D eigenvalue weighted by molar-refractivity contribution is 0.195. The molecule has 2 unspecified atom stereocenters. The van der Waals surface area contributed by atoms with Crippen molar-refractivity contribution in [3.8, 4) is 55.6 Å². The third-order valence-corrected chi connectivity index (χ3v) is 17.8. The zero-order chi connectivity index (χ0) is 43.8. The van der Waals surface area contributed by atoms with Crippen LogP contribution in [-0.2, 0) is 16.2 Å². The first-order valence-electron chi connectivity index (χ1n) is 24.1. The quantitative estimate of drug-likeness (QED) is 0.164. The Morgan fingerprint density at radius 3 is 1.69 bits per heavy atom. The zero-order valence-corrected chi connectivity index (χ0v) is 38.4. The second kappa shape index (κ2) is 12.6. The first-order valence-corrected chi connectivity index (χ1v) is 24.1. The van der Waals surface area contributed by atoms with Crippen molar-refractivity contribution in [3.63, 3.8) is 0 Å². The van der Waals surface area contributed by atoms with Crippen LogP contribution < -0.4 is 20.6 Å². The average Bonchev–Trinajstić information content (AvgIpc) is 3.80. The minimum Gasteiger partial charge on any atom is -0.376 e. The van der Waals surface area contributed by atoms with Crippen LogP contribution in [0.5, 0.6) is 0 Å². The summed E-state index contributed by atoms with van der Waals surface area (Å²) in [7, 11) is 0. The van der Waals surface area contributed by atoms with E-state index in [0.29, 0.717) is 0 Å². The van der Waals surface area contributed by atoms with E-state index < -0.39 is 0 Å². The predicted octanol–water partition coefficient (Wildman–Crippen LogP) is 14.6. The number of hydrogen-bond acceptors (Lipinski definition) is 2. The fraction of sp³-hybridized carbons (Fsp3) is 0.226. The van der Waals surface area contributed by atoms with Crippen molar-refractivity contribution < 1.29 is 0 Å². The van der Waals surface area contributed by atoms with E-state index in [4.69, 9.17) is 0 Å². The van der Waals surface area contributed by atoms with Gasteiger partial charge in [-0.05, 0) is 151 Å². The third kappa shape index (κ3) is 4.67. The van der Waals surface area contributed by atoms with Crippen molar-refractivity contribution in [1.29, 1.82) is 0 Å². The Morgan fingerprint density at radius 2 is 1.00 bits per heavy atom. The second-order valence-electron chi connectivity index (χ2n) is 21.6. The number of benzene rings is 8. The van der Waals surface area contributed by atoms with Crippen molar-refractivity contribution in [2.75, 3.05) is 9.71 Å². The molecule has 3 aliphatic carbocycles. The molecule has 0 bridgehead atoms. The smallest absolute Gasteiger partial charge is 0.333 e. The molecule has 0 radical (unpaired) electrons. The van der Waals surface area contributed by atoms with Crippen LogP contribution in [-0.4, -0.2) is 12.4 Å². The normalized spacial score (nSPS) is 21.4. The lowest BCUT2D eigenvalue weighted by Gasteiger charge is -2.53. The number of anilines is 4. The van der Waals surface area contributed by atoms with E-state index >= 15 is 0 Å². The van der Waals surface area contributed by atoms with Gasteiger partial charge in [-0.3, -0.25) is 0 Å². The minimum absolute atomic E-state index is 0.0286. The molecule has 65 heavy (non-hydrogen) atoms. The SMILES string of the molecule is CC1(C)c2ccccc2-c2ccc(N3B4c5cc(-c6ccccc6)cc6c5N(c5cc(-c7ccccc7)cc(c54)-c4cc5c(cc43)C(C)(C)c3ccccc3-5)C3(C)CCCCC63C)cc21. The molecule has 8 aromatic rings. The highest BCUT2D eigenvalue weighted by molar-refractivity contribution is 6.93. The number of rotatable bonds is 3. The molecule has 8 aromatic carbocycles. The highest BCUT2D eigenvalue weighted by Crippen LogP contribution is 2.64. The van der Waals surface area contributed by atoms with Gasteiger partial charge in [-0.15, -0.1) is 0 Å². The summed E-state index contributed by atoms with van der Waals surface area (Å²) in [6.07, 6.45) is 4.84. The van der Waals surface area contributed by atoms with E-state index in [-0.39, 0.29) is 28.6 Å². The largest absolute Gasteiger partial charge is 0.376 e. The molecule has 3 aliphatic heterocycles. The summed E-state index contributed by atoms with van der Waals surface area (Å²) in [5.74, 6) is 0. The van der Waals surface area contributed by atoms with E-state index in [1.165, 1.54) is 136 Å². The summed E-state index contributed by atoms with van der Waals surface area (Å²) in [6, 6.07) is 63.6. The Kier molecular flexibility index (Phi) is 7.32. The molecule has 0 aromatic heterocycles. The van der Waals surface area contributed by atoms with Crippen molar-refractivity contribution in [1.82, 2.24) is 0 Å². The number of fused-ring (bicyclic) bond motifs is 13. The summed E-state index contributed by atoms with van der Waals surface area (Å²) < 4.78 is 0. The molecular weight excluding hydrogens is 784 g/mol. The molecule has 6 aliphatic rings. The van der Waals surface area contributed by atoms with E-state index in [1.54, 1.807) is 0 Å². The summed E-state index contributed by atoms with van der Waals surface area (Å²) in [4.78, 5) is 5.70. The first-order chi connectivity index (χ1) is 31.5. The third-order valence-electron chi connectivity index (χ3n) is 17.8. The van der Waals surface area contributed by atoms with Crippen molar-refractivity contribution in [2.24, 2.45) is 0 Å². The van der Waals surface area contributed by atoms with E-state index in [0.717, 1.165) is 6.42 Å². The maximum atomic E-state index is 2.89. The molecule has 0 N–H and O–H groups in total. The lowest BCUT2D eigenvalue weighted by atomic mass is 9.43. The van der Waals surface area contributed by atoms with Crippen LogP contribution >= 0.6 is 0 Å². The van der Waals surface area contributed by atoms with Crippen LogP contribution in [0.4, 0.5) is 22.7 Å². The van der Waals surface area contributed by atoms with Crippen LogP contribution in [0, 0.1) is 0 Å². The van der Waals surface area contributed by atoms with Gasteiger partial charge in [0, 0.05) is 44.6 Å². The Bertz CT molecular complexity index is 3380. The Morgan fingerprint density at radius 1 is 0.415 bits per heavy atom. The molecule has 2 nitrogen and oxygen atoms in total. The van der Waals surface area contributed by atoms with Gasteiger partial charge in [0.1, 0.15) is 0 Å². The summed E-state index contributed by atoms with van der Waals surface area (Å²) in [5, 5.41) is 0. The van der Waals surface area contributed by atoms with Gasteiger partial charge in [0.15, 0.2) is 0 Å². The van der Waals surface area contributed by atoms with Crippen molar-refractivity contribution >= 4 is 40.5 Å². The van der Waals surface area contributed by atoms with E-state index in [1.807, 2.05) is 0 Å². The van der Waals surface area contributed by atoms with Crippen molar-refractivity contribution in [3.05, 3.63) is 192 Å². The lowest BCUT2D eigenvalue weighted by Crippen LogP contribution is -2.64. The molecule has 0 saturated heterocycles. The highest BCUT2D eigenvalue weighted by atomic mass is 15.3.